The third kappa shape index (κ3) is 6.34. The van der Waals surface area contributed by atoms with Crippen LogP contribution in [0.5, 0.6) is 11.5 Å². The monoisotopic (exact) mass is 522 g/mol. The van der Waals surface area contributed by atoms with Gasteiger partial charge in [0.2, 0.25) is 0 Å². The number of rotatable bonds is 8. The number of ether oxygens (including phenoxy) is 2. The van der Waals surface area contributed by atoms with Crippen LogP contribution in [-0.2, 0) is 11.4 Å². The van der Waals surface area contributed by atoms with Gasteiger partial charge < -0.3 is 9.47 Å². The van der Waals surface area contributed by atoms with Gasteiger partial charge in [0, 0.05) is 15.1 Å². The second-order valence-electron chi connectivity index (χ2n) is 7.15. The Kier molecular flexibility index (Phi) is 7.60. The number of nitrogens with one attached hydrogen (secondary N) is 1. The second kappa shape index (κ2) is 11.0. The maximum Gasteiger partial charge on any atom is 0.277 e. The van der Waals surface area contributed by atoms with Crippen LogP contribution in [0.15, 0.2) is 94.5 Å². The first-order valence-electron chi connectivity index (χ1n) is 10.2. The summed E-state index contributed by atoms with van der Waals surface area (Å²) in [4.78, 5) is 12.2. The van der Waals surface area contributed by atoms with E-state index in [1.54, 1.807) is 30.5 Å². The van der Waals surface area contributed by atoms with Crippen molar-refractivity contribution in [3.05, 3.63) is 106 Å². The van der Waals surface area contributed by atoms with E-state index in [0.29, 0.717) is 23.1 Å². The molecular formula is C26H20BrClN2O3. The van der Waals surface area contributed by atoms with E-state index >= 15 is 0 Å². The van der Waals surface area contributed by atoms with Crippen LogP contribution in [0.2, 0.25) is 5.02 Å². The molecule has 1 amide bonds. The second-order valence-corrected chi connectivity index (χ2v) is 8.50. The fraction of sp³-hybridized carbons (Fsp3) is 0.0769. The summed E-state index contributed by atoms with van der Waals surface area (Å²) in [5.41, 5.74) is 4.32. The maximum absolute atomic E-state index is 12.2. The maximum atomic E-state index is 12.2. The van der Waals surface area contributed by atoms with E-state index < -0.39 is 0 Å². The first-order valence-corrected chi connectivity index (χ1v) is 11.3. The molecule has 0 aliphatic carbocycles. The summed E-state index contributed by atoms with van der Waals surface area (Å²) in [6.45, 7) is 0.237. The lowest BCUT2D eigenvalue weighted by Crippen LogP contribution is -2.24. The molecule has 0 saturated heterocycles. The van der Waals surface area contributed by atoms with E-state index in [1.807, 2.05) is 60.7 Å². The first kappa shape index (κ1) is 22.8. The number of carbonyl (C=O) groups excluding carboxylic acids is 1. The van der Waals surface area contributed by atoms with Gasteiger partial charge in [0.15, 0.2) is 6.61 Å². The van der Waals surface area contributed by atoms with Crippen molar-refractivity contribution in [1.29, 1.82) is 0 Å². The zero-order chi connectivity index (χ0) is 23.0. The Morgan fingerprint density at radius 3 is 2.61 bits per heavy atom. The molecule has 0 bridgehead atoms. The molecule has 4 rings (SSSR count). The Morgan fingerprint density at radius 1 is 0.970 bits per heavy atom. The highest BCUT2D eigenvalue weighted by Crippen LogP contribution is 2.27. The Bertz CT molecular complexity index is 1290. The third-order valence-corrected chi connectivity index (χ3v) is 5.53. The highest BCUT2D eigenvalue weighted by atomic mass is 79.9. The predicted molar refractivity (Wildman–Crippen MR) is 135 cm³/mol. The molecule has 0 aromatic heterocycles. The summed E-state index contributed by atoms with van der Waals surface area (Å²) in [5, 5.41) is 6.76. The molecule has 0 atom stereocenters. The summed E-state index contributed by atoms with van der Waals surface area (Å²) in [6.07, 6.45) is 1.60. The SMILES string of the molecule is O=C(COc1ccc(Cl)cc1)N/N=C/c1c(OCc2cccc(Br)c2)ccc2ccccc12. The van der Waals surface area contributed by atoms with Gasteiger partial charge in [0.05, 0.1) is 6.21 Å². The Balaban J connectivity index is 1.46. The minimum atomic E-state index is -0.377. The van der Waals surface area contributed by atoms with Crippen molar-refractivity contribution >= 4 is 50.4 Å². The molecule has 0 spiro atoms. The quantitative estimate of drug-likeness (QED) is 0.216. The molecule has 33 heavy (non-hydrogen) atoms. The summed E-state index contributed by atoms with van der Waals surface area (Å²) in [7, 11) is 0. The lowest BCUT2D eigenvalue weighted by molar-refractivity contribution is -0.123. The zero-order valence-corrected chi connectivity index (χ0v) is 19.8. The molecule has 166 valence electrons. The van der Waals surface area contributed by atoms with Crippen LogP contribution in [0.4, 0.5) is 0 Å². The van der Waals surface area contributed by atoms with Crippen molar-refractivity contribution in [2.75, 3.05) is 6.61 Å². The Hall–Kier alpha value is -3.35. The number of fused-ring (bicyclic) bond motifs is 1. The van der Waals surface area contributed by atoms with E-state index in [0.717, 1.165) is 26.4 Å². The molecule has 4 aromatic carbocycles. The molecular weight excluding hydrogens is 504 g/mol. The molecule has 0 fully saturated rings. The molecule has 0 radical (unpaired) electrons. The van der Waals surface area contributed by atoms with Gasteiger partial charge in [0.25, 0.3) is 5.91 Å². The fourth-order valence-corrected chi connectivity index (χ4v) is 3.78. The van der Waals surface area contributed by atoms with E-state index in [-0.39, 0.29) is 12.5 Å². The number of hydrazone groups is 1. The molecule has 0 aliphatic heterocycles. The molecule has 7 heteroatoms. The van der Waals surface area contributed by atoms with Crippen molar-refractivity contribution in [1.82, 2.24) is 5.43 Å². The van der Waals surface area contributed by atoms with E-state index in [4.69, 9.17) is 21.1 Å². The smallest absolute Gasteiger partial charge is 0.277 e. The highest BCUT2D eigenvalue weighted by Gasteiger charge is 2.09. The summed E-state index contributed by atoms with van der Waals surface area (Å²) in [6, 6.07) is 26.6. The Labute approximate surface area is 205 Å². The number of carbonyl (C=O) groups is 1. The molecule has 0 unspecified atom stereocenters. The highest BCUT2D eigenvalue weighted by molar-refractivity contribution is 9.10. The van der Waals surface area contributed by atoms with E-state index in [9.17, 15) is 4.79 Å². The number of halogens is 2. The van der Waals surface area contributed by atoms with Crippen molar-refractivity contribution in [2.45, 2.75) is 6.61 Å². The van der Waals surface area contributed by atoms with Crippen LogP contribution in [0.25, 0.3) is 10.8 Å². The van der Waals surface area contributed by atoms with Crippen LogP contribution >= 0.6 is 27.5 Å². The minimum absolute atomic E-state index is 0.166. The molecule has 1 N–H and O–H groups in total. The van der Waals surface area contributed by atoms with Gasteiger partial charge in [-0.2, -0.15) is 5.10 Å². The summed E-state index contributed by atoms with van der Waals surface area (Å²) < 4.78 is 12.5. The van der Waals surface area contributed by atoms with Gasteiger partial charge in [0.1, 0.15) is 18.1 Å². The van der Waals surface area contributed by atoms with Gasteiger partial charge in [-0.15, -0.1) is 0 Å². The standard InChI is InChI=1S/C26H20BrClN2O3/c27-20-6-3-4-18(14-20)16-33-25-13-8-19-5-1-2-7-23(19)24(25)15-29-30-26(31)17-32-22-11-9-21(28)10-12-22/h1-15H,16-17H2,(H,30,31)/b29-15+. The third-order valence-electron chi connectivity index (χ3n) is 4.78. The molecule has 0 saturated carbocycles. The van der Waals surface area contributed by atoms with Gasteiger partial charge in [-0.1, -0.05) is 70.0 Å². The van der Waals surface area contributed by atoms with Gasteiger partial charge in [-0.25, -0.2) is 5.43 Å². The van der Waals surface area contributed by atoms with Crippen LogP contribution in [0.1, 0.15) is 11.1 Å². The molecule has 4 aromatic rings. The number of benzene rings is 4. The zero-order valence-electron chi connectivity index (χ0n) is 17.5. The van der Waals surface area contributed by atoms with Crippen molar-refractivity contribution in [3.8, 4) is 11.5 Å². The number of hydrogen-bond acceptors (Lipinski definition) is 4. The van der Waals surface area contributed by atoms with Gasteiger partial charge >= 0.3 is 0 Å². The molecule has 0 aliphatic rings. The van der Waals surface area contributed by atoms with Crippen molar-refractivity contribution in [2.24, 2.45) is 5.10 Å². The number of hydrogen-bond donors (Lipinski definition) is 1. The average Bonchev–Trinajstić information content (AvgIpc) is 2.83. The van der Waals surface area contributed by atoms with Crippen LogP contribution in [-0.4, -0.2) is 18.7 Å². The predicted octanol–water partition coefficient (Wildman–Crippen LogP) is 6.36. The van der Waals surface area contributed by atoms with E-state index in [2.05, 4.69) is 26.5 Å². The number of amides is 1. The van der Waals surface area contributed by atoms with Crippen LogP contribution in [0, 0.1) is 0 Å². The summed E-state index contributed by atoms with van der Waals surface area (Å²) in [5.74, 6) is 0.845. The normalized spacial score (nSPS) is 11.0. The lowest BCUT2D eigenvalue weighted by Gasteiger charge is -2.12. The topological polar surface area (TPSA) is 59.9 Å². The van der Waals surface area contributed by atoms with Crippen molar-refractivity contribution < 1.29 is 14.3 Å². The molecule has 5 nitrogen and oxygen atoms in total. The lowest BCUT2D eigenvalue weighted by atomic mass is 10.0. The van der Waals surface area contributed by atoms with E-state index in [1.165, 1.54) is 0 Å². The van der Waals surface area contributed by atoms with Gasteiger partial charge in [-0.3, -0.25) is 4.79 Å². The fourth-order valence-electron chi connectivity index (χ4n) is 3.20. The summed E-state index contributed by atoms with van der Waals surface area (Å²) >= 11 is 9.33. The molecule has 0 heterocycles. The van der Waals surface area contributed by atoms with Crippen molar-refractivity contribution in [3.63, 3.8) is 0 Å². The van der Waals surface area contributed by atoms with Crippen LogP contribution < -0.4 is 14.9 Å². The Morgan fingerprint density at radius 2 is 1.79 bits per heavy atom. The van der Waals surface area contributed by atoms with Gasteiger partial charge in [-0.05, 0) is 58.8 Å². The number of nitrogens with zero attached hydrogens (tertiary/aromatic N) is 1. The minimum Gasteiger partial charge on any atom is -0.488 e. The average molecular weight is 524 g/mol. The van der Waals surface area contributed by atoms with Crippen LogP contribution in [0.3, 0.4) is 0 Å². The largest absolute Gasteiger partial charge is 0.488 e. The first-order chi connectivity index (χ1) is 16.1.